The van der Waals surface area contributed by atoms with Crippen LogP contribution >= 0.6 is 0 Å². The third-order valence-electron chi connectivity index (χ3n) is 6.14. The molecule has 1 fully saturated rings. The summed E-state index contributed by atoms with van der Waals surface area (Å²) in [5.74, 6) is 0.0259. The molecular formula is C25H22F2N2O4. The molecule has 2 heterocycles. The molecule has 2 N–H and O–H groups in total. The quantitative estimate of drug-likeness (QED) is 0.563. The number of nitrogens with one attached hydrogen (secondary N) is 1. The van der Waals surface area contributed by atoms with Crippen molar-refractivity contribution in [3.8, 4) is 22.8 Å². The van der Waals surface area contributed by atoms with Gasteiger partial charge in [-0.3, -0.25) is 4.79 Å². The van der Waals surface area contributed by atoms with Gasteiger partial charge in [-0.1, -0.05) is 36.4 Å². The zero-order valence-electron chi connectivity index (χ0n) is 18.1. The van der Waals surface area contributed by atoms with Gasteiger partial charge in [0.2, 0.25) is 5.91 Å². The number of ether oxygens (including phenoxy) is 2. The van der Waals surface area contributed by atoms with Crippen LogP contribution in [0.2, 0.25) is 0 Å². The average Bonchev–Trinajstić information content (AvgIpc) is 3.52. The molecule has 2 aromatic carbocycles. The molecule has 1 aromatic heterocycles. The molecule has 8 heteroatoms. The minimum atomic E-state index is -3.70. The summed E-state index contributed by atoms with van der Waals surface area (Å²) in [7, 11) is 0. The predicted octanol–water partition coefficient (Wildman–Crippen LogP) is 5.10. The Morgan fingerprint density at radius 3 is 2.42 bits per heavy atom. The molecule has 1 aliphatic carbocycles. The number of aliphatic hydroxyl groups is 1. The van der Waals surface area contributed by atoms with Crippen LogP contribution in [-0.2, 0) is 10.2 Å². The molecule has 6 nitrogen and oxygen atoms in total. The fourth-order valence-electron chi connectivity index (χ4n) is 4.06. The molecule has 3 aromatic rings. The molecule has 170 valence electrons. The van der Waals surface area contributed by atoms with E-state index in [2.05, 4.69) is 19.8 Å². The van der Waals surface area contributed by atoms with Crippen LogP contribution < -0.4 is 14.8 Å². The standard InChI is InChI=1S/C25H22F2N2O4/c1-14-3-10-21(28-22(14)17-6-4-16(5-7-17)15(2)30)29-23(31)24(11-12-24)18-8-9-19-20(13-18)33-25(26,27)32-19/h3-10,13,15,30H,11-12H2,1-2H3,(H,28,29,31). The number of nitrogens with zero attached hydrogens (tertiary/aromatic N) is 1. The fraction of sp³-hybridized carbons (Fsp3) is 0.280. The minimum Gasteiger partial charge on any atom is -0.395 e. The second-order valence-electron chi connectivity index (χ2n) is 8.53. The van der Waals surface area contributed by atoms with Gasteiger partial charge < -0.3 is 19.9 Å². The van der Waals surface area contributed by atoms with Crippen molar-refractivity contribution < 1.29 is 28.2 Å². The highest BCUT2D eigenvalue weighted by atomic mass is 19.3. The monoisotopic (exact) mass is 452 g/mol. The van der Waals surface area contributed by atoms with E-state index in [1.807, 2.05) is 37.3 Å². The Hall–Kier alpha value is -3.52. The first-order valence-electron chi connectivity index (χ1n) is 10.6. The van der Waals surface area contributed by atoms with Gasteiger partial charge in [-0.2, -0.15) is 0 Å². The topological polar surface area (TPSA) is 80.7 Å². The summed E-state index contributed by atoms with van der Waals surface area (Å²) >= 11 is 0. The van der Waals surface area contributed by atoms with Crippen molar-refractivity contribution >= 4 is 11.7 Å². The largest absolute Gasteiger partial charge is 0.586 e. The maximum atomic E-state index is 13.4. The smallest absolute Gasteiger partial charge is 0.395 e. The minimum absolute atomic E-state index is 0.0496. The van der Waals surface area contributed by atoms with Crippen molar-refractivity contribution in [1.82, 2.24) is 4.98 Å². The van der Waals surface area contributed by atoms with Crippen molar-refractivity contribution in [3.05, 3.63) is 71.3 Å². The Kier molecular flexibility index (Phi) is 4.86. The zero-order valence-corrected chi connectivity index (χ0v) is 18.1. The molecule has 0 spiro atoms. The van der Waals surface area contributed by atoms with Crippen molar-refractivity contribution in [2.24, 2.45) is 0 Å². The van der Waals surface area contributed by atoms with Crippen LogP contribution in [0.4, 0.5) is 14.6 Å². The van der Waals surface area contributed by atoms with Gasteiger partial charge in [0.25, 0.3) is 0 Å². The number of fused-ring (bicyclic) bond motifs is 1. The molecule has 0 saturated heterocycles. The number of carbonyl (C=O) groups excluding carboxylic acids is 1. The number of aliphatic hydroxyl groups excluding tert-OH is 1. The molecule has 2 aliphatic rings. The summed E-state index contributed by atoms with van der Waals surface area (Å²) < 4.78 is 35.7. The predicted molar refractivity (Wildman–Crippen MR) is 117 cm³/mol. The number of hydrogen-bond donors (Lipinski definition) is 2. The third kappa shape index (κ3) is 3.91. The zero-order chi connectivity index (χ0) is 23.4. The number of halogens is 2. The van der Waals surface area contributed by atoms with E-state index in [4.69, 9.17) is 0 Å². The van der Waals surface area contributed by atoms with Gasteiger partial charge in [0.1, 0.15) is 5.82 Å². The third-order valence-corrected chi connectivity index (χ3v) is 6.14. The lowest BCUT2D eigenvalue weighted by molar-refractivity contribution is -0.286. The van der Waals surface area contributed by atoms with E-state index >= 15 is 0 Å². The summed E-state index contributed by atoms with van der Waals surface area (Å²) in [5, 5.41) is 12.6. The van der Waals surface area contributed by atoms with Crippen LogP contribution in [0.25, 0.3) is 11.3 Å². The van der Waals surface area contributed by atoms with Crippen LogP contribution in [0.3, 0.4) is 0 Å². The number of aromatic nitrogens is 1. The molecular weight excluding hydrogens is 430 g/mol. The second kappa shape index (κ2) is 7.52. The van der Waals surface area contributed by atoms with E-state index in [0.717, 1.165) is 22.4 Å². The van der Waals surface area contributed by atoms with E-state index < -0.39 is 17.8 Å². The van der Waals surface area contributed by atoms with Crippen molar-refractivity contribution in [3.63, 3.8) is 0 Å². The molecule has 1 aliphatic heterocycles. The summed E-state index contributed by atoms with van der Waals surface area (Å²) in [6.45, 7) is 3.63. The summed E-state index contributed by atoms with van der Waals surface area (Å²) in [6.07, 6.45) is -3.07. The first-order valence-corrected chi connectivity index (χ1v) is 10.6. The molecule has 5 rings (SSSR count). The van der Waals surface area contributed by atoms with Crippen molar-refractivity contribution in [1.29, 1.82) is 0 Å². The number of pyridine rings is 1. The number of amides is 1. The normalized spacial score (nSPS) is 18.0. The second-order valence-corrected chi connectivity index (χ2v) is 8.53. The highest BCUT2D eigenvalue weighted by Crippen LogP contribution is 2.52. The molecule has 1 atom stereocenters. The number of hydrogen-bond acceptors (Lipinski definition) is 5. The van der Waals surface area contributed by atoms with E-state index in [9.17, 15) is 18.7 Å². The number of alkyl halides is 2. The molecule has 0 bridgehead atoms. The van der Waals surface area contributed by atoms with Gasteiger partial charge >= 0.3 is 6.29 Å². The number of carbonyl (C=O) groups is 1. The molecule has 1 unspecified atom stereocenters. The lowest BCUT2D eigenvalue weighted by atomic mass is 9.94. The van der Waals surface area contributed by atoms with Gasteiger partial charge in [0.15, 0.2) is 11.5 Å². The highest BCUT2D eigenvalue weighted by molar-refractivity contribution is 6.01. The fourth-order valence-corrected chi connectivity index (χ4v) is 4.06. The molecule has 0 radical (unpaired) electrons. The molecule has 33 heavy (non-hydrogen) atoms. The van der Waals surface area contributed by atoms with Gasteiger partial charge in [-0.05, 0) is 61.6 Å². The lowest BCUT2D eigenvalue weighted by Gasteiger charge is -2.17. The van der Waals surface area contributed by atoms with Crippen LogP contribution in [0.15, 0.2) is 54.6 Å². The van der Waals surface area contributed by atoms with Crippen LogP contribution in [0.5, 0.6) is 11.5 Å². The van der Waals surface area contributed by atoms with Gasteiger partial charge in [-0.15, -0.1) is 8.78 Å². The first-order chi connectivity index (χ1) is 15.7. The Morgan fingerprint density at radius 2 is 1.76 bits per heavy atom. The average molecular weight is 452 g/mol. The highest BCUT2D eigenvalue weighted by Gasteiger charge is 2.53. The maximum Gasteiger partial charge on any atom is 0.586 e. The number of rotatable bonds is 5. The molecule has 1 amide bonds. The van der Waals surface area contributed by atoms with Crippen LogP contribution in [0, 0.1) is 6.92 Å². The number of aryl methyl sites for hydroxylation is 1. The first kappa shape index (κ1) is 21.3. The Morgan fingerprint density at radius 1 is 1.06 bits per heavy atom. The van der Waals surface area contributed by atoms with E-state index in [0.29, 0.717) is 24.2 Å². The van der Waals surface area contributed by atoms with Gasteiger partial charge in [-0.25, -0.2) is 4.98 Å². The number of benzene rings is 2. The SMILES string of the molecule is Cc1ccc(NC(=O)C2(c3ccc4c(c3)OC(F)(F)O4)CC2)nc1-c1ccc(C(C)O)cc1. The summed E-state index contributed by atoms with van der Waals surface area (Å²) in [4.78, 5) is 17.8. The summed E-state index contributed by atoms with van der Waals surface area (Å²) in [6, 6.07) is 15.5. The van der Waals surface area contributed by atoms with E-state index in [1.165, 1.54) is 12.1 Å². The number of anilines is 1. The van der Waals surface area contributed by atoms with Gasteiger partial charge in [0, 0.05) is 5.56 Å². The maximum absolute atomic E-state index is 13.4. The van der Waals surface area contributed by atoms with Crippen LogP contribution in [0.1, 0.15) is 42.6 Å². The molecule has 1 saturated carbocycles. The van der Waals surface area contributed by atoms with Crippen molar-refractivity contribution in [2.75, 3.05) is 5.32 Å². The van der Waals surface area contributed by atoms with Gasteiger partial charge in [0.05, 0.1) is 17.2 Å². The Balaban J connectivity index is 1.38. The van der Waals surface area contributed by atoms with E-state index in [-0.39, 0.29) is 17.4 Å². The van der Waals surface area contributed by atoms with E-state index in [1.54, 1.807) is 19.1 Å². The van der Waals surface area contributed by atoms with Crippen LogP contribution in [-0.4, -0.2) is 22.3 Å². The lowest BCUT2D eigenvalue weighted by Crippen LogP contribution is -2.28. The summed E-state index contributed by atoms with van der Waals surface area (Å²) in [5.41, 5.74) is 3.11. The Labute approximate surface area is 189 Å². The van der Waals surface area contributed by atoms with Crippen molar-refractivity contribution in [2.45, 2.75) is 44.5 Å². The Bertz CT molecular complexity index is 1240.